The van der Waals surface area contributed by atoms with Gasteiger partial charge in [-0.05, 0) is 84.7 Å². The number of esters is 1. The SMILES string of the molecule is CCCCCCCCCCOc1ccc(/C=C/C(=O)Oc2ccc(C(=O)/C=C/c3ccc(OCCCCCCCCCC)cc3)cc2)cc1. The number of carbonyl (C=O) groups excluding carboxylic acids is 2. The summed E-state index contributed by atoms with van der Waals surface area (Å²) >= 11 is 0. The Kier molecular flexibility index (Phi) is 20.0. The predicted molar refractivity (Wildman–Crippen MR) is 204 cm³/mol. The maximum atomic E-state index is 12.7. The molecule has 0 aliphatic heterocycles. The first-order chi connectivity index (χ1) is 24.1. The molecule has 0 aromatic heterocycles. The van der Waals surface area contributed by atoms with E-state index in [4.69, 9.17) is 14.2 Å². The van der Waals surface area contributed by atoms with Crippen molar-refractivity contribution in [3.05, 3.63) is 102 Å². The van der Waals surface area contributed by atoms with E-state index in [9.17, 15) is 9.59 Å². The Morgan fingerprint density at radius 3 is 1.31 bits per heavy atom. The van der Waals surface area contributed by atoms with Crippen molar-refractivity contribution >= 4 is 23.9 Å². The van der Waals surface area contributed by atoms with Crippen LogP contribution in [0.5, 0.6) is 17.2 Å². The Labute approximate surface area is 295 Å². The van der Waals surface area contributed by atoms with Gasteiger partial charge in [0.05, 0.1) is 13.2 Å². The number of unbranched alkanes of at least 4 members (excludes halogenated alkanes) is 14. The first-order valence-corrected chi connectivity index (χ1v) is 18.8. The third-order valence-electron chi connectivity index (χ3n) is 8.49. The molecule has 0 unspecified atom stereocenters. The molecule has 0 atom stereocenters. The van der Waals surface area contributed by atoms with E-state index in [2.05, 4.69) is 13.8 Å². The summed E-state index contributed by atoms with van der Waals surface area (Å²) in [4.78, 5) is 25.1. The van der Waals surface area contributed by atoms with Gasteiger partial charge in [-0.3, -0.25) is 4.79 Å². The van der Waals surface area contributed by atoms with Crippen LogP contribution in [0.15, 0.2) is 84.9 Å². The highest BCUT2D eigenvalue weighted by molar-refractivity contribution is 6.06. The monoisotopic (exact) mass is 666 g/mol. The van der Waals surface area contributed by atoms with Crippen molar-refractivity contribution in [1.29, 1.82) is 0 Å². The molecular formula is C44H58O5. The second-order valence-corrected chi connectivity index (χ2v) is 12.8. The van der Waals surface area contributed by atoms with Gasteiger partial charge < -0.3 is 14.2 Å². The van der Waals surface area contributed by atoms with E-state index in [1.807, 2.05) is 48.5 Å². The van der Waals surface area contributed by atoms with Gasteiger partial charge in [0, 0.05) is 11.6 Å². The lowest BCUT2D eigenvalue weighted by molar-refractivity contribution is -0.128. The number of ketones is 1. The molecule has 5 nitrogen and oxygen atoms in total. The van der Waals surface area contributed by atoms with E-state index in [0.717, 1.165) is 48.7 Å². The third kappa shape index (κ3) is 17.7. The molecular weight excluding hydrogens is 608 g/mol. The summed E-state index contributed by atoms with van der Waals surface area (Å²) in [6, 6.07) is 22.0. The average Bonchev–Trinajstić information content (AvgIpc) is 3.13. The Hall–Kier alpha value is -4.12. The summed E-state index contributed by atoms with van der Waals surface area (Å²) in [7, 11) is 0. The van der Waals surface area contributed by atoms with E-state index >= 15 is 0 Å². The third-order valence-corrected chi connectivity index (χ3v) is 8.49. The van der Waals surface area contributed by atoms with Crippen molar-refractivity contribution < 1.29 is 23.8 Å². The molecule has 3 aromatic rings. The fourth-order valence-corrected chi connectivity index (χ4v) is 5.47. The van der Waals surface area contributed by atoms with Gasteiger partial charge >= 0.3 is 5.97 Å². The summed E-state index contributed by atoms with van der Waals surface area (Å²) in [5.41, 5.74) is 2.32. The number of rotatable bonds is 26. The van der Waals surface area contributed by atoms with Gasteiger partial charge in [-0.25, -0.2) is 4.79 Å². The maximum absolute atomic E-state index is 12.7. The zero-order valence-corrected chi connectivity index (χ0v) is 30.0. The first kappa shape index (κ1) is 39.3. The van der Waals surface area contributed by atoms with Crippen LogP contribution in [0.25, 0.3) is 12.2 Å². The molecule has 0 saturated carbocycles. The molecule has 3 rings (SSSR count). The van der Waals surface area contributed by atoms with Gasteiger partial charge in [0.2, 0.25) is 0 Å². The van der Waals surface area contributed by atoms with E-state index in [1.54, 1.807) is 42.5 Å². The molecule has 0 spiro atoms. The van der Waals surface area contributed by atoms with Crippen LogP contribution >= 0.6 is 0 Å². The van der Waals surface area contributed by atoms with Gasteiger partial charge in [-0.1, -0.05) is 134 Å². The minimum absolute atomic E-state index is 0.127. The number of allylic oxidation sites excluding steroid dienone is 1. The standard InChI is InChI=1S/C44H58O5/c1-3-5-7-9-11-13-15-17-35-47-40-27-19-37(20-28-40)23-33-43(45)39-25-31-42(32-26-39)49-44(46)34-24-38-21-29-41(30-22-38)48-36-18-16-14-12-10-8-6-4-2/h19-34H,3-18,35-36H2,1-2H3/b33-23+,34-24+. The van der Waals surface area contributed by atoms with E-state index in [-0.39, 0.29) is 5.78 Å². The summed E-state index contributed by atoms with van der Waals surface area (Å²) in [5, 5.41) is 0. The highest BCUT2D eigenvalue weighted by atomic mass is 16.5. The van der Waals surface area contributed by atoms with Crippen molar-refractivity contribution in [2.24, 2.45) is 0 Å². The predicted octanol–water partition coefficient (Wildman–Crippen LogP) is 12.2. The highest BCUT2D eigenvalue weighted by Crippen LogP contribution is 2.18. The van der Waals surface area contributed by atoms with Gasteiger partial charge in [0.15, 0.2) is 5.78 Å². The van der Waals surface area contributed by atoms with Gasteiger partial charge in [-0.2, -0.15) is 0 Å². The smallest absolute Gasteiger partial charge is 0.336 e. The number of hydrogen-bond donors (Lipinski definition) is 0. The van der Waals surface area contributed by atoms with Crippen LogP contribution in [-0.4, -0.2) is 25.0 Å². The lowest BCUT2D eigenvalue weighted by atomic mass is 10.1. The minimum atomic E-state index is -0.487. The van der Waals surface area contributed by atoms with Crippen LogP contribution < -0.4 is 14.2 Å². The van der Waals surface area contributed by atoms with Crippen LogP contribution in [0, 0.1) is 0 Å². The molecule has 0 heterocycles. The molecule has 0 amide bonds. The molecule has 3 aromatic carbocycles. The molecule has 49 heavy (non-hydrogen) atoms. The molecule has 0 N–H and O–H groups in total. The number of carbonyl (C=O) groups is 2. The number of benzene rings is 3. The molecule has 264 valence electrons. The van der Waals surface area contributed by atoms with Crippen LogP contribution in [0.3, 0.4) is 0 Å². The van der Waals surface area contributed by atoms with Crippen LogP contribution in [-0.2, 0) is 4.79 Å². The average molecular weight is 667 g/mol. The summed E-state index contributed by atoms with van der Waals surface area (Å²) in [6.45, 7) is 5.95. The Bertz CT molecular complexity index is 1370. The Morgan fingerprint density at radius 2 is 0.857 bits per heavy atom. The van der Waals surface area contributed by atoms with Gasteiger partial charge in [0.1, 0.15) is 17.2 Å². The Morgan fingerprint density at radius 1 is 0.469 bits per heavy atom. The highest BCUT2D eigenvalue weighted by Gasteiger charge is 2.05. The minimum Gasteiger partial charge on any atom is -0.494 e. The molecule has 0 aliphatic rings. The second-order valence-electron chi connectivity index (χ2n) is 12.8. The van der Waals surface area contributed by atoms with Gasteiger partial charge in [0.25, 0.3) is 0 Å². The molecule has 0 fully saturated rings. The van der Waals surface area contributed by atoms with Crippen molar-refractivity contribution in [2.45, 2.75) is 117 Å². The lowest BCUT2D eigenvalue weighted by Crippen LogP contribution is -2.04. The van der Waals surface area contributed by atoms with Crippen molar-refractivity contribution in [1.82, 2.24) is 0 Å². The quantitative estimate of drug-likeness (QED) is 0.0280. The fourth-order valence-electron chi connectivity index (χ4n) is 5.47. The van der Waals surface area contributed by atoms with Crippen molar-refractivity contribution in [3.8, 4) is 17.2 Å². The summed E-state index contributed by atoms with van der Waals surface area (Å²) in [6.07, 6.45) is 26.9. The topological polar surface area (TPSA) is 61.8 Å². The molecule has 0 aliphatic carbocycles. The summed E-state index contributed by atoms with van der Waals surface area (Å²) in [5.74, 6) is 1.44. The molecule has 0 bridgehead atoms. The van der Waals surface area contributed by atoms with E-state index in [1.165, 1.54) is 96.0 Å². The zero-order valence-electron chi connectivity index (χ0n) is 30.0. The second kappa shape index (κ2) is 24.9. The lowest BCUT2D eigenvalue weighted by Gasteiger charge is -2.06. The first-order valence-electron chi connectivity index (χ1n) is 18.8. The van der Waals surface area contributed by atoms with Crippen molar-refractivity contribution in [3.63, 3.8) is 0 Å². The van der Waals surface area contributed by atoms with Gasteiger partial charge in [-0.15, -0.1) is 0 Å². The van der Waals surface area contributed by atoms with Crippen LogP contribution in [0.1, 0.15) is 138 Å². The molecule has 0 saturated heterocycles. The maximum Gasteiger partial charge on any atom is 0.336 e. The van der Waals surface area contributed by atoms with Crippen LogP contribution in [0.4, 0.5) is 0 Å². The summed E-state index contributed by atoms with van der Waals surface area (Å²) < 4.78 is 17.2. The molecule has 5 heteroatoms. The van der Waals surface area contributed by atoms with Crippen molar-refractivity contribution in [2.75, 3.05) is 13.2 Å². The largest absolute Gasteiger partial charge is 0.494 e. The van der Waals surface area contributed by atoms with E-state index < -0.39 is 5.97 Å². The molecule has 0 radical (unpaired) electrons. The number of ether oxygens (including phenoxy) is 3. The van der Waals surface area contributed by atoms with E-state index in [0.29, 0.717) is 11.3 Å². The van der Waals surface area contributed by atoms with Crippen LogP contribution in [0.2, 0.25) is 0 Å². The normalized spacial score (nSPS) is 11.3. The fraction of sp³-hybridized carbons (Fsp3) is 0.455. The number of hydrogen-bond acceptors (Lipinski definition) is 5. The Balaban J connectivity index is 1.31. The zero-order chi connectivity index (χ0) is 34.8.